The zero-order valence-corrected chi connectivity index (χ0v) is 9.57. The molecule has 94 valence electrons. The summed E-state index contributed by atoms with van der Waals surface area (Å²) in [6, 6.07) is 1.58. The molecular weight excluding hydrogens is 238 g/mol. The van der Waals surface area contributed by atoms with Crippen LogP contribution < -0.4 is 5.32 Å². The minimum absolute atomic E-state index is 0.248. The van der Waals surface area contributed by atoms with Gasteiger partial charge in [0.05, 0.1) is 11.9 Å². The normalized spacial score (nSPS) is 10.3. The average Bonchev–Trinajstić information content (AvgIpc) is 2.87. The van der Waals surface area contributed by atoms with Gasteiger partial charge in [-0.3, -0.25) is 19.0 Å². The van der Waals surface area contributed by atoms with Crippen molar-refractivity contribution in [2.45, 2.75) is 6.54 Å². The van der Waals surface area contributed by atoms with Gasteiger partial charge in [0.2, 0.25) is 0 Å². The summed E-state index contributed by atoms with van der Waals surface area (Å²) >= 11 is 0. The first-order valence-corrected chi connectivity index (χ1v) is 5.10. The molecule has 18 heavy (non-hydrogen) atoms. The van der Waals surface area contributed by atoms with Gasteiger partial charge in [0.1, 0.15) is 12.2 Å². The largest absolute Gasteiger partial charge is 0.480 e. The van der Waals surface area contributed by atoms with Gasteiger partial charge in [-0.05, 0) is 6.07 Å². The molecule has 0 unspecified atom stereocenters. The van der Waals surface area contributed by atoms with Crippen LogP contribution in [0.3, 0.4) is 0 Å². The SMILES string of the molecule is Cn1nccc1C(=O)Nc1cnn(CC(=O)O)c1. The number of carboxylic acid groups (broad SMARTS) is 1. The molecule has 8 nitrogen and oxygen atoms in total. The van der Waals surface area contributed by atoms with Crippen LogP contribution in [0.15, 0.2) is 24.7 Å². The van der Waals surface area contributed by atoms with Crippen LogP contribution in [0.4, 0.5) is 5.69 Å². The van der Waals surface area contributed by atoms with E-state index in [4.69, 9.17) is 5.11 Å². The van der Waals surface area contributed by atoms with E-state index in [0.717, 1.165) is 0 Å². The van der Waals surface area contributed by atoms with E-state index < -0.39 is 5.97 Å². The highest BCUT2D eigenvalue weighted by Gasteiger charge is 2.11. The molecule has 0 fully saturated rings. The number of nitrogens with one attached hydrogen (secondary N) is 1. The predicted molar refractivity (Wildman–Crippen MR) is 61.0 cm³/mol. The van der Waals surface area contributed by atoms with Crippen molar-refractivity contribution in [3.05, 3.63) is 30.4 Å². The maximum absolute atomic E-state index is 11.8. The Bertz CT molecular complexity index is 586. The number of carbonyl (C=O) groups excluding carboxylic acids is 1. The van der Waals surface area contributed by atoms with Crippen LogP contribution in [0, 0.1) is 0 Å². The van der Waals surface area contributed by atoms with Crippen LogP contribution >= 0.6 is 0 Å². The molecule has 0 radical (unpaired) electrons. The van der Waals surface area contributed by atoms with Crippen molar-refractivity contribution in [3.8, 4) is 0 Å². The van der Waals surface area contributed by atoms with Gasteiger partial charge in [-0.25, -0.2) is 0 Å². The van der Waals surface area contributed by atoms with Gasteiger partial charge in [0.15, 0.2) is 0 Å². The third-order valence-corrected chi connectivity index (χ3v) is 2.24. The standard InChI is InChI=1S/C10H11N5O3/c1-14-8(2-3-11-14)10(18)13-7-4-12-15(5-7)6-9(16)17/h2-5H,6H2,1H3,(H,13,18)(H,16,17). The first-order valence-electron chi connectivity index (χ1n) is 5.10. The second kappa shape index (κ2) is 4.70. The summed E-state index contributed by atoms with van der Waals surface area (Å²) < 4.78 is 2.66. The van der Waals surface area contributed by atoms with Crippen molar-refractivity contribution in [1.29, 1.82) is 0 Å². The van der Waals surface area contributed by atoms with Crippen molar-refractivity contribution in [2.75, 3.05) is 5.32 Å². The summed E-state index contributed by atoms with van der Waals surface area (Å²) in [5, 5.41) is 18.9. The molecule has 2 N–H and O–H groups in total. The topological polar surface area (TPSA) is 102 Å². The van der Waals surface area contributed by atoms with E-state index in [-0.39, 0.29) is 12.5 Å². The number of aliphatic carboxylic acids is 1. The Morgan fingerprint density at radius 2 is 2.22 bits per heavy atom. The molecule has 1 amide bonds. The third-order valence-electron chi connectivity index (χ3n) is 2.24. The molecule has 0 bridgehead atoms. The number of carboxylic acids is 1. The van der Waals surface area contributed by atoms with E-state index in [1.165, 1.54) is 28.0 Å². The number of anilines is 1. The lowest BCUT2D eigenvalue weighted by atomic mass is 10.4. The number of hydrogen-bond donors (Lipinski definition) is 2. The van der Waals surface area contributed by atoms with Crippen molar-refractivity contribution < 1.29 is 14.7 Å². The molecule has 2 rings (SSSR count). The molecule has 0 saturated heterocycles. The number of nitrogens with zero attached hydrogens (tertiary/aromatic N) is 4. The van der Waals surface area contributed by atoms with Gasteiger partial charge in [0.25, 0.3) is 5.91 Å². The Morgan fingerprint density at radius 3 is 2.83 bits per heavy atom. The molecule has 0 aliphatic carbocycles. The van der Waals surface area contributed by atoms with Gasteiger partial charge in [0, 0.05) is 19.4 Å². The maximum atomic E-state index is 11.8. The fourth-order valence-electron chi connectivity index (χ4n) is 1.44. The van der Waals surface area contributed by atoms with E-state index in [9.17, 15) is 9.59 Å². The Labute approximate surface area is 102 Å². The van der Waals surface area contributed by atoms with Crippen LogP contribution in [-0.2, 0) is 18.4 Å². The molecule has 8 heteroatoms. The van der Waals surface area contributed by atoms with Crippen molar-refractivity contribution in [1.82, 2.24) is 19.6 Å². The fourth-order valence-corrected chi connectivity index (χ4v) is 1.44. The number of rotatable bonds is 4. The summed E-state index contributed by atoms with van der Waals surface area (Å²) in [5.41, 5.74) is 0.837. The van der Waals surface area contributed by atoms with E-state index >= 15 is 0 Å². The quantitative estimate of drug-likeness (QED) is 0.791. The van der Waals surface area contributed by atoms with Crippen molar-refractivity contribution in [3.63, 3.8) is 0 Å². The lowest BCUT2D eigenvalue weighted by molar-refractivity contribution is -0.137. The van der Waals surface area contributed by atoms with Gasteiger partial charge in [-0.15, -0.1) is 0 Å². The van der Waals surface area contributed by atoms with Gasteiger partial charge < -0.3 is 10.4 Å². The molecule has 0 aliphatic rings. The van der Waals surface area contributed by atoms with Gasteiger partial charge in [-0.1, -0.05) is 0 Å². The summed E-state index contributed by atoms with van der Waals surface area (Å²) in [5.74, 6) is -1.33. The molecule has 2 aromatic heterocycles. The number of carbonyl (C=O) groups is 2. The maximum Gasteiger partial charge on any atom is 0.325 e. The second-order valence-corrected chi connectivity index (χ2v) is 3.61. The van der Waals surface area contributed by atoms with Crippen LogP contribution in [0.25, 0.3) is 0 Å². The highest BCUT2D eigenvalue weighted by Crippen LogP contribution is 2.07. The smallest absolute Gasteiger partial charge is 0.325 e. The number of amides is 1. The molecule has 2 aromatic rings. The minimum atomic E-state index is -0.998. The van der Waals surface area contributed by atoms with E-state index in [1.54, 1.807) is 13.1 Å². The summed E-state index contributed by atoms with van der Waals surface area (Å²) in [6.07, 6.45) is 4.35. The molecular formula is C10H11N5O3. The molecule has 2 heterocycles. The van der Waals surface area contributed by atoms with Crippen molar-refractivity contribution in [2.24, 2.45) is 7.05 Å². The molecule has 0 saturated carbocycles. The summed E-state index contributed by atoms with van der Waals surface area (Å²) in [4.78, 5) is 22.3. The Balaban J connectivity index is 2.06. The van der Waals surface area contributed by atoms with Crippen LogP contribution in [-0.4, -0.2) is 36.5 Å². The Morgan fingerprint density at radius 1 is 1.44 bits per heavy atom. The van der Waals surface area contributed by atoms with Crippen LogP contribution in [0.5, 0.6) is 0 Å². The van der Waals surface area contributed by atoms with Crippen LogP contribution in [0.1, 0.15) is 10.5 Å². The summed E-state index contributed by atoms with van der Waals surface area (Å²) in [7, 11) is 1.66. The first-order chi connectivity index (χ1) is 8.56. The Kier molecular flexibility index (Phi) is 3.09. The number of aryl methyl sites for hydroxylation is 1. The minimum Gasteiger partial charge on any atom is -0.480 e. The lowest BCUT2D eigenvalue weighted by Gasteiger charge is -2.01. The zero-order valence-electron chi connectivity index (χ0n) is 9.57. The van der Waals surface area contributed by atoms with E-state index in [0.29, 0.717) is 11.4 Å². The molecule has 0 atom stereocenters. The summed E-state index contributed by atoms with van der Waals surface area (Å²) in [6.45, 7) is -0.248. The van der Waals surface area contributed by atoms with Crippen molar-refractivity contribution >= 4 is 17.6 Å². The second-order valence-electron chi connectivity index (χ2n) is 3.61. The van der Waals surface area contributed by atoms with E-state index in [2.05, 4.69) is 15.5 Å². The Hall–Kier alpha value is -2.64. The van der Waals surface area contributed by atoms with Gasteiger partial charge in [-0.2, -0.15) is 10.2 Å². The molecule has 0 spiro atoms. The number of aromatic nitrogens is 4. The highest BCUT2D eigenvalue weighted by molar-refractivity contribution is 6.02. The van der Waals surface area contributed by atoms with E-state index in [1.807, 2.05) is 0 Å². The third kappa shape index (κ3) is 2.54. The highest BCUT2D eigenvalue weighted by atomic mass is 16.4. The monoisotopic (exact) mass is 249 g/mol. The number of hydrogen-bond acceptors (Lipinski definition) is 4. The predicted octanol–water partition coefficient (Wildman–Crippen LogP) is -0.0465. The molecule has 0 aromatic carbocycles. The van der Waals surface area contributed by atoms with Gasteiger partial charge >= 0.3 is 5.97 Å². The van der Waals surface area contributed by atoms with Crippen LogP contribution in [0.2, 0.25) is 0 Å². The lowest BCUT2D eigenvalue weighted by Crippen LogP contribution is -2.15. The molecule has 0 aliphatic heterocycles. The first kappa shape index (κ1) is 11.8. The average molecular weight is 249 g/mol. The zero-order chi connectivity index (χ0) is 13.1. The fraction of sp³-hybridized carbons (Fsp3) is 0.200.